The molecular weight excluding hydrogens is 741 g/mol. The lowest BCUT2D eigenvalue weighted by Gasteiger charge is -2.18. The molecule has 0 radical (unpaired) electrons. The average molecular weight is 837 g/mol. The highest BCUT2D eigenvalue weighted by Crippen LogP contribution is 2.14. The van der Waals surface area contributed by atoms with E-state index in [4.69, 9.17) is 14.2 Å². The largest absolute Gasteiger partial charge is 0.462 e. The van der Waals surface area contributed by atoms with Gasteiger partial charge in [0.05, 0.1) is 6.61 Å². The van der Waals surface area contributed by atoms with Crippen molar-refractivity contribution in [3.8, 4) is 0 Å². The van der Waals surface area contributed by atoms with E-state index in [2.05, 4.69) is 93.7 Å². The minimum atomic E-state index is -0.561. The fourth-order valence-electron chi connectivity index (χ4n) is 6.94. The Hall–Kier alpha value is -2.66. The Morgan fingerprint density at radius 1 is 0.383 bits per heavy atom. The van der Waals surface area contributed by atoms with E-state index in [0.717, 1.165) is 89.9 Å². The van der Waals surface area contributed by atoms with Crippen LogP contribution in [-0.2, 0) is 23.8 Å². The first-order valence-corrected chi connectivity index (χ1v) is 25.5. The van der Waals surface area contributed by atoms with Crippen LogP contribution < -0.4 is 0 Å². The molecule has 0 aliphatic heterocycles. The summed E-state index contributed by atoms with van der Waals surface area (Å²) in [6, 6.07) is 0. The molecule has 5 nitrogen and oxygen atoms in total. The molecule has 0 heterocycles. The van der Waals surface area contributed by atoms with Crippen molar-refractivity contribution in [2.75, 3.05) is 19.8 Å². The predicted molar refractivity (Wildman–Crippen MR) is 260 cm³/mol. The Kier molecular flexibility index (Phi) is 48.4. The van der Waals surface area contributed by atoms with Gasteiger partial charge in [0.1, 0.15) is 6.61 Å². The van der Waals surface area contributed by atoms with Crippen LogP contribution in [-0.4, -0.2) is 37.9 Å². The van der Waals surface area contributed by atoms with Crippen LogP contribution >= 0.6 is 0 Å². The van der Waals surface area contributed by atoms with Crippen molar-refractivity contribution in [3.05, 3.63) is 72.9 Å². The average Bonchev–Trinajstić information content (AvgIpc) is 3.25. The van der Waals surface area contributed by atoms with Crippen LogP contribution in [0.2, 0.25) is 0 Å². The van der Waals surface area contributed by atoms with Crippen LogP contribution in [0.15, 0.2) is 72.9 Å². The monoisotopic (exact) mass is 837 g/mol. The molecule has 0 amide bonds. The molecule has 1 atom stereocenters. The highest BCUT2D eigenvalue weighted by Gasteiger charge is 2.17. The number of ether oxygens (including phenoxy) is 3. The van der Waals surface area contributed by atoms with Crippen molar-refractivity contribution in [3.63, 3.8) is 0 Å². The Morgan fingerprint density at radius 2 is 0.750 bits per heavy atom. The molecule has 0 aliphatic rings. The molecule has 5 heteroatoms. The third-order valence-corrected chi connectivity index (χ3v) is 10.7. The Balaban J connectivity index is 4.33. The third kappa shape index (κ3) is 48.0. The lowest BCUT2D eigenvalue weighted by Crippen LogP contribution is -2.30. The molecule has 0 spiro atoms. The molecule has 0 aromatic rings. The molecule has 0 aromatic carbocycles. The summed E-state index contributed by atoms with van der Waals surface area (Å²) >= 11 is 0. The van der Waals surface area contributed by atoms with Crippen molar-refractivity contribution in [2.24, 2.45) is 0 Å². The maximum absolute atomic E-state index is 12.8. The molecule has 0 saturated carbocycles. The number of unbranched alkanes of at least 4 members (excludes halogenated alkanes) is 23. The predicted octanol–water partition coefficient (Wildman–Crippen LogP) is 17.1. The second-order valence-corrected chi connectivity index (χ2v) is 16.7. The first-order valence-electron chi connectivity index (χ1n) is 25.5. The van der Waals surface area contributed by atoms with Gasteiger partial charge in [-0.3, -0.25) is 9.59 Å². The number of carbonyl (C=O) groups excluding carboxylic acids is 2. The molecule has 1 unspecified atom stereocenters. The zero-order valence-electron chi connectivity index (χ0n) is 39.7. The number of allylic oxidation sites excluding steroid dienone is 12. The van der Waals surface area contributed by atoms with Gasteiger partial charge in [0.25, 0.3) is 0 Å². The highest BCUT2D eigenvalue weighted by molar-refractivity contribution is 5.70. The van der Waals surface area contributed by atoms with Gasteiger partial charge in [-0.2, -0.15) is 0 Å². The number of carbonyl (C=O) groups is 2. The van der Waals surface area contributed by atoms with E-state index in [1.807, 2.05) is 0 Å². The summed E-state index contributed by atoms with van der Waals surface area (Å²) < 4.78 is 17.3. The van der Waals surface area contributed by atoms with E-state index in [1.54, 1.807) is 0 Å². The van der Waals surface area contributed by atoms with Gasteiger partial charge in [0.15, 0.2) is 6.10 Å². The molecule has 0 aromatic heterocycles. The fraction of sp³-hybridized carbons (Fsp3) is 0.745. The quantitative estimate of drug-likeness (QED) is 0.0347. The van der Waals surface area contributed by atoms with Gasteiger partial charge in [-0.15, -0.1) is 0 Å². The van der Waals surface area contributed by atoms with Gasteiger partial charge < -0.3 is 14.2 Å². The van der Waals surface area contributed by atoms with Gasteiger partial charge in [-0.05, 0) is 89.9 Å². The summed E-state index contributed by atoms with van der Waals surface area (Å²) in [5.74, 6) is -0.428. The number of hydrogen-bond acceptors (Lipinski definition) is 5. The fourth-order valence-corrected chi connectivity index (χ4v) is 6.94. The molecule has 0 aliphatic carbocycles. The minimum Gasteiger partial charge on any atom is -0.462 e. The summed E-state index contributed by atoms with van der Waals surface area (Å²) in [4.78, 5) is 25.3. The standard InChI is InChI=1S/C55H96O5/c1-4-7-10-13-16-19-22-24-26-27-28-30-32-35-38-41-44-47-50-58-51-53(60-55(57)49-46-43-40-37-33-21-18-15-12-9-6-3)52-59-54(56)48-45-42-39-36-34-31-29-25-23-20-17-14-11-8-5-2/h7,10,16,19,24-26,28-30,35,38,53H,4-6,8-9,11-15,17-18,20-23,27,31-34,36-37,39-52H2,1-3H3/b10-7-,19-16-,26-24-,29-25-,30-28-,38-35-. The molecular formula is C55H96O5. The first kappa shape index (κ1) is 57.3. The Bertz CT molecular complexity index is 1080. The van der Waals surface area contributed by atoms with E-state index in [1.165, 1.54) is 116 Å². The molecule has 0 rings (SSSR count). The molecule has 0 fully saturated rings. The van der Waals surface area contributed by atoms with Crippen molar-refractivity contribution >= 4 is 11.9 Å². The molecule has 0 bridgehead atoms. The van der Waals surface area contributed by atoms with Crippen LogP contribution in [0.3, 0.4) is 0 Å². The summed E-state index contributed by atoms with van der Waals surface area (Å²) in [5.41, 5.74) is 0. The van der Waals surface area contributed by atoms with E-state index < -0.39 is 6.10 Å². The molecule has 0 N–H and O–H groups in total. The van der Waals surface area contributed by atoms with Crippen LogP contribution in [0.25, 0.3) is 0 Å². The summed E-state index contributed by atoms with van der Waals surface area (Å²) in [6.07, 6.45) is 64.8. The third-order valence-electron chi connectivity index (χ3n) is 10.7. The van der Waals surface area contributed by atoms with Crippen LogP contribution in [0, 0.1) is 0 Å². The number of esters is 2. The lowest BCUT2D eigenvalue weighted by atomic mass is 10.1. The number of rotatable bonds is 46. The molecule has 0 saturated heterocycles. The van der Waals surface area contributed by atoms with Gasteiger partial charge >= 0.3 is 11.9 Å². The van der Waals surface area contributed by atoms with Crippen LogP contribution in [0.4, 0.5) is 0 Å². The lowest BCUT2D eigenvalue weighted by molar-refractivity contribution is -0.163. The van der Waals surface area contributed by atoms with Crippen molar-refractivity contribution in [1.29, 1.82) is 0 Å². The normalized spacial score (nSPS) is 12.8. The molecule has 346 valence electrons. The summed E-state index contributed by atoms with van der Waals surface area (Å²) in [5, 5.41) is 0. The van der Waals surface area contributed by atoms with Crippen molar-refractivity contribution in [2.45, 2.75) is 245 Å². The summed E-state index contributed by atoms with van der Waals surface area (Å²) in [6.45, 7) is 7.61. The topological polar surface area (TPSA) is 61.8 Å². The second-order valence-electron chi connectivity index (χ2n) is 16.7. The summed E-state index contributed by atoms with van der Waals surface area (Å²) in [7, 11) is 0. The Morgan fingerprint density at radius 3 is 1.22 bits per heavy atom. The zero-order chi connectivity index (χ0) is 43.5. The second kappa shape index (κ2) is 50.7. The van der Waals surface area contributed by atoms with Gasteiger partial charge in [-0.25, -0.2) is 0 Å². The van der Waals surface area contributed by atoms with Crippen LogP contribution in [0.5, 0.6) is 0 Å². The van der Waals surface area contributed by atoms with Crippen LogP contribution in [0.1, 0.15) is 239 Å². The van der Waals surface area contributed by atoms with E-state index in [-0.39, 0.29) is 25.2 Å². The van der Waals surface area contributed by atoms with Crippen molar-refractivity contribution in [1.82, 2.24) is 0 Å². The van der Waals surface area contributed by atoms with Crippen molar-refractivity contribution < 1.29 is 23.8 Å². The maximum Gasteiger partial charge on any atom is 0.306 e. The maximum atomic E-state index is 12.8. The first-order chi connectivity index (χ1) is 29.6. The van der Waals surface area contributed by atoms with Gasteiger partial charge in [0.2, 0.25) is 0 Å². The van der Waals surface area contributed by atoms with E-state index in [9.17, 15) is 9.59 Å². The zero-order valence-corrected chi connectivity index (χ0v) is 39.7. The molecule has 60 heavy (non-hydrogen) atoms. The van der Waals surface area contributed by atoms with E-state index in [0.29, 0.717) is 19.4 Å². The highest BCUT2D eigenvalue weighted by atomic mass is 16.6. The smallest absolute Gasteiger partial charge is 0.306 e. The van der Waals surface area contributed by atoms with Gasteiger partial charge in [-0.1, -0.05) is 209 Å². The minimum absolute atomic E-state index is 0.0634. The van der Waals surface area contributed by atoms with E-state index >= 15 is 0 Å². The SMILES string of the molecule is CC/C=C\C/C=C\C/C=C\C/C=C\C/C=C\CCCCOCC(COC(=O)CCCCCCC/C=C\CCCCCCCC)OC(=O)CCCCCCCCCCCCC. The number of hydrogen-bond donors (Lipinski definition) is 0. The Labute approximate surface area is 372 Å². The van der Waals surface area contributed by atoms with Gasteiger partial charge in [0, 0.05) is 19.4 Å².